The molecule has 0 spiro atoms. The van der Waals surface area contributed by atoms with Crippen molar-refractivity contribution in [3.63, 3.8) is 0 Å². The molecule has 6 rings (SSSR count). The highest BCUT2D eigenvalue weighted by molar-refractivity contribution is 5.94. The molecular formula is C31H25N4+. The molecule has 35 heavy (non-hydrogen) atoms. The third kappa shape index (κ3) is 4.31. The molecule has 0 fully saturated rings. The summed E-state index contributed by atoms with van der Waals surface area (Å²) in [6.45, 7) is 0. The molecule has 5 aromatic rings. The number of amidine groups is 1. The Morgan fingerprint density at radius 3 is 1.29 bits per heavy atom. The van der Waals surface area contributed by atoms with Crippen LogP contribution in [0.5, 0.6) is 0 Å². The van der Waals surface area contributed by atoms with Crippen LogP contribution in [0.15, 0.2) is 145 Å². The predicted molar refractivity (Wildman–Crippen MR) is 144 cm³/mol. The first-order chi connectivity index (χ1) is 17.3. The molecule has 4 nitrogen and oxygen atoms in total. The van der Waals surface area contributed by atoms with Crippen molar-refractivity contribution < 1.29 is 5.43 Å². The Morgan fingerprint density at radius 1 is 0.400 bits per heavy atom. The summed E-state index contributed by atoms with van der Waals surface area (Å²) in [5, 5.41) is 9.06. The molecular weight excluding hydrogens is 428 g/mol. The van der Waals surface area contributed by atoms with E-state index >= 15 is 0 Å². The van der Waals surface area contributed by atoms with Crippen molar-refractivity contribution in [2.24, 2.45) is 5.10 Å². The largest absolute Gasteiger partial charge is 0.277 e. The average Bonchev–Trinajstić information content (AvgIpc) is 3.40. The van der Waals surface area contributed by atoms with Crippen molar-refractivity contribution in [1.82, 2.24) is 0 Å². The lowest BCUT2D eigenvalue weighted by Crippen LogP contribution is -2.96. The maximum Gasteiger partial charge on any atom is 0.277 e. The fraction of sp³-hybridized carbons (Fsp3) is 0. The maximum absolute atomic E-state index is 4.99. The molecule has 1 aliphatic rings. The summed E-state index contributed by atoms with van der Waals surface area (Å²) in [5.41, 5.74) is 10.0. The van der Waals surface area contributed by atoms with Crippen molar-refractivity contribution >= 4 is 17.2 Å². The van der Waals surface area contributed by atoms with Gasteiger partial charge in [-0.2, -0.15) is 5.43 Å². The molecule has 5 aromatic carbocycles. The van der Waals surface area contributed by atoms with Gasteiger partial charge in [0.25, 0.3) is 5.84 Å². The minimum absolute atomic E-state index is 0.921. The van der Waals surface area contributed by atoms with Gasteiger partial charge >= 0.3 is 0 Å². The Bertz CT molecular complexity index is 1430. The van der Waals surface area contributed by atoms with Crippen LogP contribution in [0.4, 0.5) is 11.4 Å². The molecule has 0 atom stereocenters. The lowest BCUT2D eigenvalue weighted by molar-refractivity contribution is -0.545. The maximum atomic E-state index is 4.99. The fourth-order valence-electron chi connectivity index (χ4n) is 4.31. The van der Waals surface area contributed by atoms with E-state index in [4.69, 9.17) is 5.10 Å². The predicted octanol–water partition coefficient (Wildman–Crippen LogP) is 6.10. The van der Waals surface area contributed by atoms with Gasteiger partial charge in [-0.1, -0.05) is 108 Å². The second kappa shape index (κ2) is 9.29. The smallest absolute Gasteiger partial charge is 0.172 e. The number of hydrazone groups is 1. The highest BCUT2D eigenvalue weighted by Gasteiger charge is 2.31. The van der Waals surface area contributed by atoms with Crippen LogP contribution in [-0.4, -0.2) is 5.84 Å². The zero-order valence-corrected chi connectivity index (χ0v) is 19.2. The normalized spacial score (nSPS) is 13.1. The number of rotatable bonds is 5. The van der Waals surface area contributed by atoms with Crippen LogP contribution in [-0.2, 0) is 0 Å². The molecule has 0 amide bonds. The number of quaternary nitrogens is 1. The van der Waals surface area contributed by atoms with Gasteiger partial charge < -0.3 is 0 Å². The van der Waals surface area contributed by atoms with Gasteiger partial charge in [-0.3, -0.25) is 0 Å². The lowest BCUT2D eigenvalue weighted by Gasteiger charge is -2.24. The topological polar surface area (TPSA) is 35.5 Å². The fourth-order valence-corrected chi connectivity index (χ4v) is 4.31. The van der Waals surface area contributed by atoms with Crippen LogP contribution in [0, 0.1) is 0 Å². The molecule has 0 saturated carbocycles. The average molecular weight is 454 g/mol. The van der Waals surface area contributed by atoms with Crippen LogP contribution in [0.25, 0.3) is 22.3 Å². The number of nitrogens with two attached hydrogens (primary N) is 1. The first-order valence-corrected chi connectivity index (χ1v) is 11.7. The first kappa shape index (κ1) is 20.9. The summed E-state index contributed by atoms with van der Waals surface area (Å²) >= 11 is 0. The third-order valence-electron chi connectivity index (χ3n) is 6.17. The van der Waals surface area contributed by atoms with Crippen molar-refractivity contribution in [2.45, 2.75) is 0 Å². The van der Waals surface area contributed by atoms with E-state index < -0.39 is 0 Å². The second-order valence-electron chi connectivity index (χ2n) is 8.44. The molecule has 0 radical (unpaired) electrons. The molecule has 0 aliphatic carbocycles. The highest BCUT2D eigenvalue weighted by atomic mass is 15.9. The van der Waals surface area contributed by atoms with Gasteiger partial charge in [-0.05, 0) is 58.7 Å². The Hall–Kier alpha value is -4.67. The molecule has 2 N–H and O–H groups in total. The second-order valence-corrected chi connectivity index (χ2v) is 8.44. The van der Waals surface area contributed by atoms with Gasteiger partial charge in [0.15, 0.2) is 0 Å². The minimum atomic E-state index is 0.921. The third-order valence-corrected chi connectivity index (χ3v) is 6.17. The van der Waals surface area contributed by atoms with E-state index in [1.807, 2.05) is 35.4 Å². The van der Waals surface area contributed by atoms with E-state index in [1.54, 1.807) is 0 Å². The van der Waals surface area contributed by atoms with E-state index in [0.29, 0.717) is 0 Å². The molecule has 1 aliphatic heterocycles. The number of hydrogen-bond donors (Lipinski definition) is 1. The number of nitrogens with zero attached hydrogens (tertiary/aromatic N) is 3. The van der Waals surface area contributed by atoms with Crippen molar-refractivity contribution in [3.8, 4) is 22.3 Å². The zero-order valence-electron chi connectivity index (χ0n) is 19.2. The van der Waals surface area contributed by atoms with Crippen LogP contribution in [0.1, 0.15) is 5.56 Å². The Labute approximate surface area is 205 Å². The van der Waals surface area contributed by atoms with Gasteiger partial charge in [0, 0.05) is 0 Å². The van der Waals surface area contributed by atoms with Crippen LogP contribution in [0.2, 0.25) is 0 Å². The standard InChI is InChI=1S/C31H24N4/c1-4-10-24(11-5-1)26-16-20-29(21-17-26)34-32-31(28-14-8-3-9-15-28)33-35(34)30-22-18-27(19-23-30)25-12-6-2-7-13-25/h1-23H,(H,32,33)/p+1. The van der Waals surface area contributed by atoms with Gasteiger partial charge in [-0.15, -0.1) is 10.2 Å². The quantitative estimate of drug-likeness (QED) is 0.326. The van der Waals surface area contributed by atoms with E-state index in [1.165, 1.54) is 22.3 Å². The van der Waals surface area contributed by atoms with E-state index in [2.05, 4.69) is 120 Å². The molecule has 168 valence electrons. The number of hydrazine groups is 1. The van der Waals surface area contributed by atoms with E-state index in [-0.39, 0.29) is 0 Å². The summed E-state index contributed by atoms with van der Waals surface area (Å²) < 4.78 is 0. The monoisotopic (exact) mass is 453 g/mol. The van der Waals surface area contributed by atoms with Crippen LogP contribution < -0.4 is 15.7 Å². The number of benzene rings is 5. The lowest BCUT2D eigenvalue weighted by atomic mass is 10.1. The minimum Gasteiger partial charge on any atom is -0.172 e. The summed E-state index contributed by atoms with van der Waals surface area (Å²) in [5.74, 6) is 0.921. The zero-order chi connectivity index (χ0) is 23.5. The molecule has 0 saturated heterocycles. The van der Waals surface area contributed by atoms with Crippen LogP contribution in [0.3, 0.4) is 0 Å². The number of anilines is 2. The molecule has 0 bridgehead atoms. The summed E-state index contributed by atoms with van der Waals surface area (Å²) in [7, 11) is 0. The Morgan fingerprint density at radius 2 is 0.800 bits per heavy atom. The van der Waals surface area contributed by atoms with Crippen molar-refractivity contribution in [1.29, 1.82) is 0 Å². The Kier molecular flexibility index (Phi) is 5.55. The van der Waals surface area contributed by atoms with Gasteiger partial charge in [-0.25, -0.2) is 0 Å². The van der Waals surface area contributed by atoms with Crippen molar-refractivity contribution in [3.05, 3.63) is 145 Å². The summed E-state index contributed by atoms with van der Waals surface area (Å²) in [4.78, 5) is 0. The molecule has 0 aromatic heterocycles. The van der Waals surface area contributed by atoms with Gasteiger partial charge in [0.2, 0.25) is 0 Å². The van der Waals surface area contributed by atoms with Crippen molar-refractivity contribution in [2.75, 3.05) is 10.2 Å². The SMILES string of the molecule is c1ccc(C2=NN(c3ccc(-c4ccccc4)cc3)N(c3ccc(-c4ccccc4)cc3)[NH2+]2)cc1. The molecule has 4 heteroatoms. The Balaban J connectivity index is 1.34. The van der Waals surface area contributed by atoms with Gasteiger partial charge in [0.05, 0.1) is 11.3 Å². The first-order valence-electron chi connectivity index (χ1n) is 11.7. The molecule has 0 unspecified atom stereocenters. The highest BCUT2D eigenvalue weighted by Crippen LogP contribution is 2.28. The van der Waals surface area contributed by atoms with E-state index in [9.17, 15) is 0 Å². The molecule has 1 heterocycles. The number of hydrogen-bond acceptors (Lipinski definition) is 3. The van der Waals surface area contributed by atoms with Crippen LogP contribution >= 0.6 is 0 Å². The summed E-state index contributed by atoms with van der Waals surface area (Å²) in [6.07, 6.45) is 0. The van der Waals surface area contributed by atoms with Gasteiger partial charge in [0.1, 0.15) is 5.69 Å². The summed E-state index contributed by atoms with van der Waals surface area (Å²) in [6, 6.07) is 48.3. The van der Waals surface area contributed by atoms with E-state index in [0.717, 1.165) is 22.8 Å².